The van der Waals surface area contributed by atoms with Crippen molar-refractivity contribution in [3.63, 3.8) is 0 Å². The third kappa shape index (κ3) is 4.07. The number of hydrogen-bond donors (Lipinski definition) is 1. The zero-order valence-corrected chi connectivity index (χ0v) is 15.9. The van der Waals surface area contributed by atoms with E-state index in [9.17, 15) is 19.3 Å². The summed E-state index contributed by atoms with van der Waals surface area (Å²) in [6, 6.07) is 12.0. The average molecular weight is 425 g/mol. The molecule has 0 saturated carbocycles. The van der Waals surface area contributed by atoms with Crippen molar-refractivity contribution in [2.24, 2.45) is 0 Å². The van der Waals surface area contributed by atoms with Gasteiger partial charge in [0.1, 0.15) is 10.7 Å². The molecule has 3 heterocycles. The fourth-order valence-corrected chi connectivity index (χ4v) is 3.23. The molecule has 0 fully saturated rings. The van der Waals surface area contributed by atoms with E-state index in [1.165, 1.54) is 10.6 Å². The maximum atomic E-state index is 13.4. The molecule has 0 atom stereocenters. The Morgan fingerprint density at radius 2 is 2.07 bits per heavy atom. The Balaban J connectivity index is 1.47. The van der Waals surface area contributed by atoms with Crippen molar-refractivity contribution in [1.29, 1.82) is 0 Å². The molecule has 150 valence electrons. The van der Waals surface area contributed by atoms with Crippen molar-refractivity contribution in [2.75, 3.05) is 11.1 Å². The van der Waals surface area contributed by atoms with Crippen LogP contribution in [-0.2, 0) is 4.79 Å². The summed E-state index contributed by atoms with van der Waals surface area (Å²) in [5, 5.41) is 26.4. The van der Waals surface area contributed by atoms with Crippen molar-refractivity contribution in [3.8, 4) is 11.5 Å². The van der Waals surface area contributed by atoms with Gasteiger partial charge in [0, 0.05) is 18.0 Å². The molecule has 1 N–H and O–H groups in total. The van der Waals surface area contributed by atoms with E-state index in [1.54, 1.807) is 30.5 Å². The van der Waals surface area contributed by atoms with Crippen LogP contribution in [0, 0.1) is 15.9 Å². The van der Waals surface area contributed by atoms with E-state index in [-0.39, 0.29) is 11.4 Å². The van der Waals surface area contributed by atoms with E-state index in [0.717, 1.165) is 23.9 Å². The lowest BCUT2D eigenvalue weighted by Crippen LogP contribution is -2.14. The first kappa shape index (κ1) is 19.4. The molecule has 1 aromatic carbocycles. The van der Waals surface area contributed by atoms with Gasteiger partial charge in [0.2, 0.25) is 17.5 Å². The first-order chi connectivity index (χ1) is 14.5. The molecule has 0 radical (unpaired) electrons. The fourth-order valence-electron chi connectivity index (χ4n) is 2.57. The molecule has 12 heteroatoms. The highest BCUT2D eigenvalue weighted by atomic mass is 32.2. The smallest absolute Gasteiger partial charge is 0.306 e. The number of halogens is 1. The van der Waals surface area contributed by atoms with Crippen molar-refractivity contribution >= 4 is 34.7 Å². The van der Waals surface area contributed by atoms with Crippen molar-refractivity contribution in [3.05, 3.63) is 70.7 Å². The van der Waals surface area contributed by atoms with Crippen LogP contribution in [0.1, 0.15) is 0 Å². The Bertz CT molecular complexity index is 1250. The Kier molecular flexibility index (Phi) is 5.30. The molecule has 0 saturated heterocycles. The van der Waals surface area contributed by atoms with Gasteiger partial charge in [-0.05, 0) is 36.4 Å². The molecule has 0 unspecified atom stereocenters. The Morgan fingerprint density at radius 3 is 2.83 bits per heavy atom. The summed E-state index contributed by atoms with van der Waals surface area (Å²) in [5.41, 5.74) is 0.564. The van der Waals surface area contributed by atoms with Crippen LogP contribution in [0.3, 0.4) is 0 Å². The number of thioether (sulfide) groups is 1. The number of nitro groups is 1. The van der Waals surface area contributed by atoms with Crippen molar-refractivity contribution in [2.45, 2.75) is 5.03 Å². The van der Waals surface area contributed by atoms with Crippen molar-refractivity contribution in [1.82, 2.24) is 24.8 Å². The number of carbonyl (C=O) groups is 1. The van der Waals surface area contributed by atoms with Crippen LogP contribution >= 0.6 is 11.8 Å². The lowest BCUT2D eigenvalue weighted by atomic mass is 10.2. The lowest BCUT2D eigenvalue weighted by molar-refractivity contribution is -0.387. The van der Waals surface area contributed by atoms with E-state index >= 15 is 0 Å². The number of aromatic nitrogens is 5. The minimum absolute atomic E-state index is 0.00920. The molecule has 0 aliphatic carbocycles. The molecular formula is C18H12FN7O3S. The van der Waals surface area contributed by atoms with Gasteiger partial charge in [0.05, 0.1) is 10.7 Å². The predicted octanol–water partition coefficient (Wildman–Crippen LogP) is 2.96. The van der Waals surface area contributed by atoms with Crippen LogP contribution < -0.4 is 5.32 Å². The summed E-state index contributed by atoms with van der Waals surface area (Å²) < 4.78 is 14.9. The van der Waals surface area contributed by atoms with Crippen molar-refractivity contribution < 1.29 is 14.1 Å². The molecule has 4 aromatic rings. The zero-order chi connectivity index (χ0) is 21.1. The molecule has 0 aliphatic heterocycles. The highest BCUT2D eigenvalue weighted by Crippen LogP contribution is 2.23. The van der Waals surface area contributed by atoms with Gasteiger partial charge in [-0.2, -0.15) is 14.0 Å². The summed E-state index contributed by atoms with van der Waals surface area (Å²) >= 11 is 1.16. The van der Waals surface area contributed by atoms with Gasteiger partial charge in [-0.15, -0.1) is 10.2 Å². The summed E-state index contributed by atoms with van der Waals surface area (Å²) in [7, 11) is 0. The fraction of sp³-hybridized carbons (Fsp3) is 0.0556. The number of benzene rings is 1. The third-order valence-corrected chi connectivity index (χ3v) is 4.83. The second-order valence-electron chi connectivity index (χ2n) is 5.94. The Morgan fingerprint density at radius 1 is 1.20 bits per heavy atom. The highest BCUT2D eigenvalue weighted by Gasteiger charge is 2.16. The molecule has 10 nitrogen and oxygen atoms in total. The number of carbonyl (C=O) groups excluding carboxylic acids is 1. The average Bonchev–Trinajstić information content (AvgIpc) is 3.17. The lowest BCUT2D eigenvalue weighted by Gasteiger charge is -2.06. The normalized spacial score (nSPS) is 10.8. The monoisotopic (exact) mass is 425 g/mol. The van der Waals surface area contributed by atoms with Gasteiger partial charge >= 0.3 is 5.69 Å². The van der Waals surface area contributed by atoms with Crippen LogP contribution in [0.25, 0.3) is 17.2 Å². The van der Waals surface area contributed by atoms with E-state index in [1.807, 2.05) is 6.07 Å². The molecule has 3 aromatic heterocycles. The predicted molar refractivity (Wildman–Crippen MR) is 106 cm³/mol. The first-order valence-corrected chi connectivity index (χ1v) is 9.50. The van der Waals surface area contributed by atoms with Gasteiger partial charge in [-0.25, -0.2) is 0 Å². The number of rotatable bonds is 6. The minimum Gasteiger partial charge on any atom is -0.325 e. The topological polar surface area (TPSA) is 128 Å². The Hall–Kier alpha value is -3.93. The maximum absolute atomic E-state index is 13.4. The number of nitrogens with one attached hydrogen (secondary N) is 1. The number of pyridine rings is 1. The molecule has 30 heavy (non-hydrogen) atoms. The van der Waals surface area contributed by atoms with E-state index in [2.05, 4.69) is 25.6 Å². The van der Waals surface area contributed by atoms with Gasteiger partial charge in [0.15, 0.2) is 5.65 Å². The second kappa shape index (κ2) is 8.21. The number of anilines is 1. The largest absolute Gasteiger partial charge is 0.325 e. The number of fused-ring (bicyclic) bond motifs is 1. The SMILES string of the molecule is O=C(CSc1ccc2nnc(-c3ccccn3)n2n1)Nc1ccc(F)c([N+](=O)[O-])c1. The van der Waals surface area contributed by atoms with E-state index < -0.39 is 22.3 Å². The van der Waals surface area contributed by atoms with E-state index in [4.69, 9.17) is 0 Å². The number of nitrogens with zero attached hydrogens (tertiary/aromatic N) is 6. The van der Waals surface area contributed by atoms with Crippen LogP contribution in [0.4, 0.5) is 15.8 Å². The molecule has 0 bridgehead atoms. The third-order valence-electron chi connectivity index (χ3n) is 3.91. The van der Waals surface area contributed by atoms with Crippen LogP contribution in [0.5, 0.6) is 0 Å². The molecule has 0 spiro atoms. The van der Waals surface area contributed by atoms with Gasteiger partial charge < -0.3 is 5.32 Å². The summed E-state index contributed by atoms with van der Waals surface area (Å²) in [5.74, 6) is -0.930. The van der Waals surface area contributed by atoms with Gasteiger partial charge in [-0.1, -0.05) is 17.8 Å². The minimum atomic E-state index is -0.970. The molecule has 4 rings (SSSR count). The van der Waals surface area contributed by atoms with Crippen LogP contribution in [0.2, 0.25) is 0 Å². The molecule has 0 aliphatic rings. The number of hydrogen-bond acceptors (Lipinski definition) is 8. The standard InChI is InChI=1S/C18H12FN7O3S/c19-12-5-4-11(9-14(12)26(28)29)21-16(27)10-30-17-7-6-15-22-23-18(25(15)24-17)13-3-1-2-8-20-13/h1-9H,10H2,(H,21,27). The second-order valence-corrected chi connectivity index (χ2v) is 6.94. The maximum Gasteiger partial charge on any atom is 0.306 e. The number of nitro benzene ring substituents is 1. The van der Waals surface area contributed by atoms with Crippen LogP contribution in [0.15, 0.2) is 59.8 Å². The Labute approximate surface area is 172 Å². The number of amides is 1. The zero-order valence-electron chi connectivity index (χ0n) is 15.1. The highest BCUT2D eigenvalue weighted by molar-refractivity contribution is 7.99. The summed E-state index contributed by atoms with van der Waals surface area (Å²) in [4.78, 5) is 26.4. The quantitative estimate of drug-likeness (QED) is 0.284. The summed E-state index contributed by atoms with van der Waals surface area (Å²) in [6.07, 6.45) is 1.64. The van der Waals surface area contributed by atoms with Gasteiger partial charge in [-0.3, -0.25) is 19.9 Å². The first-order valence-electron chi connectivity index (χ1n) is 8.52. The summed E-state index contributed by atoms with van der Waals surface area (Å²) in [6.45, 7) is 0. The van der Waals surface area contributed by atoms with E-state index in [0.29, 0.717) is 22.2 Å². The van der Waals surface area contributed by atoms with Gasteiger partial charge in [0.25, 0.3) is 0 Å². The van der Waals surface area contributed by atoms with Crippen LogP contribution in [-0.4, -0.2) is 41.4 Å². The molecular weight excluding hydrogens is 413 g/mol. The molecule has 1 amide bonds.